The molecule has 0 aliphatic carbocycles. The fourth-order valence-electron chi connectivity index (χ4n) is 2.09. The minimum atomic E-state index is 0.309. The molecule has 2 rings (SSSR count). The van der Waals surface area contributed by atoms with Crippen LogP contribution in [0.5, 0.6) is 5.75 Å². The molecule has 0 saturated carbocycles. The van der Waals surface area contributed by atoms with Gasteiger partial charge in [0.25, 0.3) is 0 Å². The number of hydrogen-bond donors (Lipinski definition) is 1. The first-order chi connectivity index (χ1) is 8.78. The first-order valence-corrected chi connectivity index (χ1v) is 6.69. The Labute approximate surface area is 113 Å². The lowest BCUT2D eigenvalue weighted by Crippen LogP contribution is -2.10. The largest absolute Gasteiger partial charge is 0.508 e. The molecule has 1 N–H and O–H groups in total. The first-order valence-electron chi connectivity index (χ1n) is 6.15. The van der Waals surface area contributed by atoms with Gasteiger partial charge in [-0.1, -0.05) is 42.5 Å². The molecule has 0 saturated heterocycles. The van der Waals surface area contributed by atoms with Crippen molar-refractivity contribution in [2.45, 2.75) is 12.8 Å². The van der Waals surface area contributed by atoms with Crippen LogP contribution in [0.2, 0.25) is 0 Å². The second-order valence-corrected chi connectivity index (χ2v) is 4.89. The molecule has 0 spiro atoms. The normalized spacial score (nSPS) is 12.3. The van der Waals surface area contributed by atoms with Crippen molar-refractivity contribution in [1.82, 2.24) is 0 Å². The van der Waals surface area contributed by atoms with Crippen molar-refractivity contribution in [3.05, 3.63) is 65.7 Å². The quantitative estimate of drug-likeness (QED) is 0.805. The molecule has 0 aliphatic rings. The van der Waals surface area contributed by atoms with Crippen LogP contribution in [-0.2, 0) is 12.8 Å². The summed E-state index contributed by atoms with van der Waals surface area (Å²) in [5.41, 5.74) is 2.54. The molecule has 1 atom stereocenters. The van der Waals surface area contributed by atoms with Gasteiger partial charge in [0, 0.05) is 5.88 Å². The standard InChI is InChI=1S/C16H17ClO/c17-12-15(10-13-4-2-1-3-5-13)11-14-6-8-16(18)9-7-14/h1-9,15,18H,10-12H2. The number of hydrogen-bond acceptors (Lipinski definition) is 1. The zero-order valence-corrected chi connectivity index (χ0v) is 11.0. The molecule has 0 aromatic heterocycles. The summed E-state index contributed by atoms with van der Waals surface area (Å²) in [4.78, 5) is 0. The van der Waals surface area contributed by atoms with E-state index in [1.165, 1.54) is 11.1 Å². The SMILES string of the molecule is Oc1ccc(CC(CCl)Cc2ccccc2)cc1. The number of phenols is 1. The fraction of sp³-hybridized carbons (Fsp3) is 0.250. The number of benzene rings is 2. The van der Waals surface area contributed by atoms with E-state index < -0.39 is 0 Å². The van der Waals surface area contributed by atoms with E-state index in [1.807, 2.05) is 18.2 Å². The minimum Gasteiger partial charge on any atom is -0.508 e. The van der Waals surface area contributed by atoms with Crippen molar-refractivity contribution in [2.75, 3.05) is 5.88 Å². The molecule has 1 nitrogen and oxygen atoms in total. The minimum absolute atomic E-state index is 0.309. The maximum absolute atomic E-state index is 9.26. The van der Waals surface area contributed by atoms with Gasteiger partial charge < -0.3 is 5.11 Å². The third-order valence-electron chi connectivity index (χ3n) is 3.05. The highest BCUT2D eigenvalue weighted by molar-refractivity contribution is 6.18. The molecule has 0 aliphatic heterocycles. The molecule has 0 bridgehead atoms. The van der Waals surface area contributed by atoms with Crippen LogP contribution in [0.1, 0.15) is 11.1 Å². The molecule has 94 valence electrons. The Morgan fingerprint density at radius 1 is 0.833 bits per heavy atom. The maximum Gasteiger partial charge on any atom is 0.115 e. The van der Waals surface area contributed by atoms with Crippen molar-refractivity contribution >= 4 is 11.6 Å². The van der Waals surface area contributed by atoms with Gasteiger partial charge in [0.1, 0.15) is 5.75 Å². The van der Waals surface area contributed by atoms with Gasteiger partial charge >= 0.3 is 0 Å². The number of rotatable bonds is 5. The third kappa shape index (κ3) is 3.78. The third-order valence-corrected chi connectivity index (χ3v) is 3.48. The predicted octanol–water partition coefficient (Wildman–Crippen LogP) is 4.03. The summed E-state index contributed by atoms with van der Waals surface area (Å²) in [7, 11) is 0. The topological polar surface area (TPSA) is 20.2 Å². The Kier molecular flexibility index (Phi) is 4.66. The maximum atomic E-state index is 9.26. The van der Waals surface area contributed by atoms with Crippen LogP contribution in [0, 0.1) is 5.92 Å². The van der Waals surface area contributed by atoms with Crippen LogP contribution in [0.3, 0.4) is 0 Å². The number of halogens is 1. The summed E-state index contributed by atoms with van der Waals surface area (Å²) in [6, 6.07) is 17.8. The molecule has 1 unspecified atom stereocenters. The Balaban J connectivity index is 1.99. The zero-order valence-electron chi connectivity index (χ0n) is 10.2. The first kappa shape index (κ1) is 13.0. The summed E-state index contributed by atoms with van der Waals surface area (Å²) in [6.45, 7) is 0. The summed E-state index contributed by atoms with van der Waals surface area (Å²) in [5.74, 6) is 1.39. The average molecular weight is 261 g/mol. The van der Waals surface area contributed by atoms with E-state index in [2.05, 4.69) is 24.3 Å². The van der Waals surface area contributed by atoms with Gasteiger partial charge in [-0.3, -0.25) is 0 Å². The van der Waals surface area contributed by atoms with Crippen LogP contribution < -0.4 is 0 Å². The predicted molar refractivity (Wildman–Crippen MR) is 76.2 cm³/mol. The van der Waals surface area contributed by atoms with Crippen LogP contribution in [0.15, 0.2) is 54.6 Å². The summed E-state index contributed by atoms with van der Waals surface area (Å²) < 4.78 is 0. The van der Waals surface area contributed by atoms with Gasteiger partial charge in [0.15, 0.2) is 0 Å². The molecule has 2 aromatic carbocycles. The van der Waals surface area contributed by atoms with Crippen LogP contribution in [0.4, 0.5) is 0 Å². The molecule has 0 heterocycles. The van der Waals surface area contributed by atoms with Gasteiger partial charge in [-0.25, -0.2) is 0 Å². The van der Waals surface area contributed by atoms with E-state index >= 15 is 0 Å². The van der Waals surface area contributed by atoms with Gasteiger partial charge in [-0.05, 0) is 42.0 Å². The molecule has 2 aromatic rings. The summed E-state index contributed by atoms with van der Waals surface area (Å²) >= 11 is 6.05. The zero-order chi connectivity index (χ0) is 12.8. The van der Waals surface area contributed by atoms with Gasteiger partial charge in [0.05, 0.1) is 0 Å². The van der Waals surface area contributed by atoms with E-state index in [1.54, 1.807) is 12.1 Å². The lowest BCUT2D eigenvalue weighted by atomic mass is 9.94. The summed E-state index contributed by atoms with van der Waals surface area (Å²) in [5, 5.41) is 9.26. The van der Waals surface area contributed by atoms with Crippen LogP contribution in [-0.4, -0.2) is 11.0 Å². The van der Waals surface area contributed by atoms with Crippen molar-refractivity contribution in [3.63, 3.8) is 0 Å². The van der Waals surface area contributed by atoms with E-state index in [-0.39, 0.29) is 0 Å². The molecule has 0 amide bonds. The number of alkyl halides is 1. The Bertz CT molecular complexity index is 464. The van der Waals surface area contributed by atoms with E-state index in [0.29, 0.717) is 17.5 Å². The highest BCUT2D eigenvalue weighted by Gasteiger charge is 2.09. The number of phenolic OH excluding ortho intramolecular Hbond substituents is 1. The van der Waals surface area contributed by atoms with E-state index in [0.717, 1.165) is 12.8 Å². The van der Waals surface area contributed by atoms with Gasteiger partial charge in [-0.15, -0.1) is 11.6 Å². The van der Waals surface area contributed by atoms with Crippen LogP contribution >= 0.6 is 11.6 Å². The highest BCUT2D eigenvalue weighted by atomic mass is 35.5. The number of aromatic hydroxyl groups is 1. The van der Waals surface area contributed by atoms with Crippen LogP contribution in [0.25, 0.3) is 0 Å². The highest BCUT2D eigenvalue weighted by Crippen LogP contribution is 2.18. The van der Waals surface area contributed by atoms with Gasteiger partial charge in [-0.2, -0.15) is 0 Å². The van der Waals surface area contributed by atoms with E-state index in [9.17, 15) is 5.11 Å². The Morgan fingerprint density at radius 3 is 1.94 bits per heavy atom. The molecular weight excluding hydrogens is 244 g/mol. The second kappa shape index (κ2) is 6.46. The fourth-order valence-corrected chi connectivity index (χ4v) is 2.31. The Hall–Kier alpha value is -1.47. The monoisotopic (exact) mass is 260 g/mol. The molecule has 2 heteroatoms. The van der Waals surface area contributed by atoms with Crippen molar-refractivity contribution in [3.8, 4) is 5.75 Å². The lowest BCUT2D eigenvalue weighted by Gasteiger charge is -2.14. The van der Waals surface area contributed by atoms with Crippen molar-refractivity contribution < 1.29 is 5.11 Å². The molecular formula is C16H17ClO. The molecule has 0 radical (unpaired) electrons. The second-order valence-electron chi connectivity index (χ2n) is 4.58. The molecule has 18 heavy (non-hydrogen) atoms. The van der Waals surface area contributed by atoms with Gasteiger partial charge in [0.2, 0.25) is 0 Å². The van der Waals surface area contributed by atoms with Crippen molar-refractivity contribution in [1.29, 1.82) is 0 Å². The Morgan fingerprint density at radius 2 is 1.39 bits per heavy atom. The average Bonchev–Trinajstić information content (AvgIpc) is 2.41. The van der Waals surface area contributed by atoms with E-state index in [4.69, 9.17) is 11.6 Å². The lowest BCUT2D eigenvalue weighted by molar-refractivity contribution is 0.474. The molecule has 0 fully saturated rings. The summed E-state index contributed by atoms with van der Waals surface area (Å²) in [6.07, 6.45) is 1.93. The smallest absolute Gasteiger partial charge is 0.115 e. The van der Waals surface area contributed by atoms with Crippen molar-refractivity contribution in [2.24, 2.45) is 5.92 Å².